The monoisotopic (exact) mass is 313 g/mol. The highest BCUT2D eigenvalue weighted by Crippen LogP contribution is 2.14. The number of benzene rings is 3. The Labute approximate surface area is 142 Å². The molecular weight excluding hydrogens is 294 g/mol. The average molecular weight is 313 g/mol. The molecule has 0 saturated heterocycles. The van der Waals surface area contributed by atoms with E-state index in [9.17, 15) is 4.79 Å². The molecule has 0 spiro atoms. The number of nitrogens with zero attached hydrogens (tertiary/aromatic N) is 1. The lowest BCUT2D eigenvalue weighted by Gasteiger charge is -2.08. The maximum Gasteiger partial charge on any atom is 0.277 e. The zero-order chi connectivity index (χ0) is 16.9. The summed E-state index contributed by atoms with van der Waals surface area (Å²) >= 11 is 0. The van der Waals surface area contributed by atoms with E-state index in [0.29, 0.717) is 11.3 Å². The van der Waals surface area contributed by atoms with E-state index in [1.807, 2.05) is 92.7 Å². The number of carbonyl (C=O) groups excluding carboxylic acids is 1. The third kappa shape index (κ3) is 3.66. The van der Waals surface area contributed by atoms with E-state index in [1.165, 1.54) is 5.56 Å². The summed E-state index contributed by atoms with van der Waals surface area (Å²) in [5.41, 5.74) is 5.46. The second-order valence-electron chi connectivity index (χ2n) is 5.86. The molecule has 0 aliphatic rings. The van der Waals surface area contributed by atoms with Crippen LogP contribution in [0.1, 0.15) is 32.6 Å². The molecule has 0 unspecified atom stereocenters. The van der Waals surface area contributed by atoms with Gasteiger partial charge in [-0.3, -0.25) is 4.79 Å². The molecule has 0 atom stereocenters. The summed E-state index contributed by atoms with van der Waals surface area (Å²) in [5.74, 6) is -0.227. The van der Waals surface area contributed by atoms with Crippen LogP contribution in [0.2, 0.25) is 0 Å². The largest absolute Gasteiger partial charge is 0.277 e. The minimum atomic E-state index is -0.227. The van der Waals surface area contributed by atoms with Crippen molar-refractivity contribution in [2.75, 3.05) is 0 Å². The highest BCUT2D eigenvalue weighted by atomic mass is 16.1. The Hall–Kier alpha value is -3.00. The quantitative estimate of drug-likeness (QED) is 0.627. The van der Waals surface area contributed by atoms with Crippen LogP contribution in [0.25, 0.3) is 0 Å². The number of hydrogen-bond donors (Lipinski definition) is 0. The van der Waals surface area contributed by atoms with Crippen molar-refractivity contribution < 1.29 is 4.79 Å². The third-order valence-electron chi connectivity index (χ3n) is 3.88. The van der Waals surface area contributed by atoms with Gasteiger partial charge in [0.15, 0.2) is 0 Å². The zero-order valence-corrected chi connectivity index (χ0v) is 13.9. The predicted octanol–water partition coefficient (Wildman–Crippen LogP) is 4.98. The van der Waals surface area contributed by atoms with Gasteiger partial charge in [0, 0.05) is 16.7 Å². The molecule has 0 heterocycles. The second-order valence-corrected chi connectivity index (χ2v) is 5.86. The number of amides is 1. The summed E-state index contributed by atoms with van der Waals surface area (Å²) < 4.78 is 0. The maximum atomic E-state index is 12.6. The number of aryl methyl sites for hydroxylation is 2. The lowest BCUT2D eigenvalue weighted by molar-refractivity contribution is 0.100. The molecule has 0 radical (unpaired) electrons. The van der Waals surface area contributed by atoms with Crippen LogP contribution in [0.5, 0.6) is 0 Å². The minimum Gasteiger partial charge on any atom is -0.267 e. The highest BCUT2D eigenvalue weighted by molar-refractivity contribution is 6.18. The highest BCUT2D eigenvalue weighted by Gasteiger charge is 2.11. The van der Waals surface area contributed by atoms with Gasteiger partial charge in [0.25, 0.3) is 5.91 Å². The molecule has 0 aliphatic carbocycles. The third-order valence-corrected chi connectivity index (χ3v) is 3.88. The van der Waals surface area contributed by atoms with E-state index in [4.69, 9.17) is 0 Å². The number of rotatable bonds is 3. The van der Waals surface area contributed by atoms with Crippen molar-refractivity contribution in [2.45, 2.75) is 13.8 Å². The molecule has 0 fully saturated rings. The van der Waals surface area contributed by atoms with Crippen LogP contribution in [-0.4, -0.2) is 11.6 Å². The average Bonchev–Trinajstić information content (AvgIpc) is 2.62. The fourth-order valence-electron chi connectivity index (χ4n) is 2.47. The molecule has 0 bridgehead atoms. The lowest BCUT2D eigenvalue weighted by atomic mass is 10.0. The summed E-state index contributed by atoms with van der Waals surface area (Å²) in [4.78, 5) is 17.0. The van der Waals surface area contributed by atoms with Crippen LogP contribution in [-0.2, 0) is 0 Å². The summed E-state index contributed by atoms with van der Waals surface area (Å²) in [5, 5.41) is 0. The van der Waals surface area contributed by atoms with Crippen molar-refractivity contribution in [3.05, 3.63) is 107 Å². The zero-order valence-electron chi connectivity index (χ0n) is 13.9. The van der Waals surface area contributed by atoms with Crippen LogP contribution in [0, 0.1) is 13.8 Å². The SMILES string of the molecule is Cc1ccc(C(=O)N=C(c2ccccc2)c2ccc(C)cc2)cc1. The van der Waals surface area contributed by atoms with Crippen LogP contribution in [0.3, 0.4) is 0 Å². The van der Waals surface area contributed by atoms with Crippen LogP contribution >= 0.6 is 0 Å². The summed E-state index contributed by atoms with van der Waals surface area (Å²) in [6, 6.07) is 25.4. The van der Waals surface area contributed by atoms with E-state index in [2.05, 4.69) is 4.99 Å². The van der Waals surface area contributed by atoms with Crippen LogP contribution in [0.4, 0.5) is 0 Å². The van der Waals surface area contributed by atoms with Gasteiger partial charge in [0.2, 0.25) is 0 Å². The molecule has 118 valence electrons. The standard InChI is InChI=1S/C22H19NO/c1-16-8-12-19(13-9-16)21(18-6-4-3-5-7-18)23-22(24)20-14-10-17(2)11-15-20/h3-15H,1-2H3. The van der Waals surface area contributed by atoms with Gasteiger partial charge in [-0.1, -0.05) is 77.9 Å². The Kier molecular flexibility index (Phi) is 4.66. The van der Waals surface area contributed by atoms with Gasteiger partial charge in [-0.15, -0.1) is 0 Å². The fourth-order valence-corrected chi connectivity index (χ4v) is 2.47. The molecule has 0 aromatic heterocycles. The molecule has 24 heavy (non-hydrogen) atoms. The molecule has 3 rings (SSSR count). The van der Waals surface area contributed by atoms with Gasteiger partial charge in [0.1, 0.15) is 0 Å². The van der Waals surface area contributed by atoms with Gasteiger partial charge >= 0.3 is 0 Å². The Morgan fingerprint density at radius 1 is 0.625 bits per heavy atom. The van der Waals surface area contributed by atoms with E-state index >= 15 is 0 Å². The first kappa shape index (κ1) is 15.9. The van der Waals surface area contributed by atoms with E-state index < -0.39 is 0 Å². The second kappa shape index (κ2) is 7.05. The molecule has 2 nitrogen and oxygen atoms in total. The van der Waals surface area contributed by atoms with E-state index in [-0.39, 0.29) is 5.91 Å². The van der Waals surface area contributed by atoms with Crippen molar-refractivity contribution in [3.63, 3.8) is 0 Å². The first-order chi connectivity index (χ1) is 11.6. The molecule has 2 heteroatoms. The summed E-state index contributed by atoms with van der Waals surface area (Å²) in [6.07, 6.45) is 0. The molecule has 0 saturated carbocycles. The Bertz CT molecular complexity index is 860. The normalized spacial score (nSPS) is 11.3. The fraction of sp³-hybridized carbons (Fsp3) is 0.0909. The molecule has 3 aromatic carbocycles. The Balaban J connectivity index is 2.05. The Morgan fingerprint density at radius 2 is 1.08 bits per heavy atom. The van der Waals surface area contributed by atoms with E-state index in [1.54, 1.807) is 0 Å². The first-order valence-electron chi connectivity index (χ1n) is 7.95. The minimum absolute atomic E-state index is 0.227. The van der Waals surface area contributed by atoms with Crippen molar-refractivity contribution in [3.8, 4) is 0 Å². The van der Waals surface area contributed by atoms with Gasteiger partial charge in [0.05, 0.1) is 5.71 Å². The lowest BCUT2D eigenvalue weighted by Crippen LogP contribution is -2.08. The van der Waals surface area contributed by atoms with Crippen LogP contribution < -0.4 is 0 Å². The molecule has 3 aromatic rings. The summed E-state index contributed by atoms with van der Waals surface area (Å²) in [6.45, 7) is 4.04. The maximum absolute atomic E-state index is 12.6. The summed E-state index contributed by atoms with van der Waals surface area (Å²) in [7, 11) is 0. The van der Waals surface area contributed by atoms with Crippen molar-refractivity contribution in [1.82, 2.24) is 0 Å². The number of hydrogen-bond acceptors (Lipinski definition) is 1. The predicted molar refractivity (Wildman–Crippen MR) is 98.8 cm³/mol. The molecule has 0 N–H and O–H groups in total. The molecule has 1 amide bonds. The number of carbonyl (C=O) groups is 1. The van der Waals surface area contributed by atoms with Gasteiger partial charge in [-0.25, -0.2) is 4.99 Å². The van der Waals surface area contributed by atoms with Crippen molar-refractivity contribution >= 4 is 11.6 Å². The molecular formula is C22H19NO. The topological polar surface area (TPSA) is 29.4 Å². The Morgan fingerprint density at radius 3 is 1.62 bits per heavy atom. The number of aliphatic imine (C=N–C) groups is 1. The first-order valence-corrected chi connectivity index (χ1v) is 7.95. The van der Waals surface area contributed by atoms with Crippen molar-refractivity contribution in [2.24, 2.45) is 4.99 Å². The van der Waals surface area contributed by atoms with Crippen molar-refractivity contribution in [1.29, 1.82) is 0 Å². The van der Waals surface area contributed by atoms with Gasteiger partial charge in [-0.2, -0.15) is 0 Å². The smallest absolute Gasteiger partial charge is 0.267 e. The van der Waals surface area contributed by atoms with Gasteiger partial charge < -0.3 is 0 Å². The van der Waals surface area contributed by atoms with Gasteiger partial charge in [-0.05, 0) is 26.0 Å². The van der Waals surface area contributed by atoms with E-state index in [0.717, 1.165) is 16.7 Å². The van der Waals surface area contributed by atoms with Crippen LogP contribution in [0.15, 0.2) is 83.9 Å². The molecule has 0 aliphatic heterocycles.